The third kappa shape index (κ3) is 2.58. The summed E-state index contributed by atoms with van der Waals surface area (Å²) in [7, 11) is 0. The van der Waals surface area contributed by atoms with Gasteiger partial charge in [-0.2, -0.15) is 0 Å². The van der Waals surface area contributed by atoms with Gasteiger partial charge in [0.1, 0.15) is 18.5 Å². The first kappa shape index (κ1) is 11.0. The lowest BCUT2D eigenvalue weighted by atomic mass is 10.3. The van der Waals surface area contributed by atoms with Crippen LogP contribution < -0.4 is 4.74 Å². The molecule has 1 unspecified atom stereocenters. The summed E-state index contributed by atoms with van der Waals surface area (Å²) in [6.07, 6.45) is 2.50. The van der Waals surface area contributed by atoms with Crippen LogP contribution in [0.15, 0.2) is 18.2 Å². The number of aryl methyl sites for hydroxylation is 1. The van der Waals surface area contributed by atoms with Gasteiger partial charge in [-0.15, -0.1) is 11.3 Å². The van der Waals surface area contributed by atoms with E-state index in [1.807, 2.05) is 12.1 Å². The van der Waals surface area contributed by atoms with Crippen molar-refractivity contribution in [3.63, 3.8) is 0 Å². The standard InChI is InChI=1S/C13H15NO2S/c1-2-3-13-14-11-6-9(4-5-12(11)17-13)15-7-10-8-16-10/h4-6,10H,2-3,7-8H2,1H3. The Hall–Kier alpha value is -1.13. The smallest absolute Gasteiger partial charge is 0.121 e. The minimum Gasteiger partial charge on any atom is -0.491 e. The number of aromatic nitrogens is 1. The molecule has 1 atom stereocenters. The average molecular weight is 249 g/mol. The molecule has 3 nitrogen and oxygen atoms in total. The molecule has 1 aromatic heterocycles. The summed E-state index contributed by atoms with van der Waals surface area (Å²) in [5.74, 6) is 0.890. The molecule has 3 rings (SSSR count). The van der Waals surface area contributed by atoms with E-state index in [4.69, 9.17) is 9.47 Å². The molecule has 0 aliphatic carbocycles. The number of ether oxygens (including phenoxy) is 2. The van der Waals surface area contributed by atoms with Gasteiger partial charge in [0.05, 0.1) is 21.8 Å². The highest BCUT2D eigenvalue weighted by atomic mass is 32.1. The van der Waals surface area contributed by atoms with Crippen LogP contribution in [-0.4, -0.2) is 24.3 Å². The lowest BCUT2D eigenvalue weighted by molar-refractivity contribution is 0.263. The average Bonchev–Trinajstić information content (AvgIpc) is 3.06. The number of fused-ring (bicyclic) bond motifs is 1. The summed E-state index contributed by atoms with van der Waals surface area (Å²) in [6.45, 7) is 3.66. The second-order valence-electron chi connectivity index (χ2n) is 4.25. The van der Waals surface area contributed by atoms with E-state index in [2.05, 4.69) is 18.0 Å². The van der Waals surface area contributed by atoms with E-state index < -0.39 is 0 Å². The second kappa shape index (κ2) is 4.63. The van der Waals surface area contributed by atoms with Gasteiger partial charge in [0.15, 0.2) is 0 Å². The van der Waals surface area contributed by atoms with Gasteiger partial charge < -0.3 is 9.47 Å². The number of hydrogen-bond acceptors (Lipinski definition) is 4. The molecule has 17 heavy (non-hydrogen) atoms. The maximum Gasteiger partial charge on any atom is 0.121 e. The Morgan fingerprint density at radius 1 is 1.53 bits per heavy atom. The maximum absolute atomic E-state index is 5.65. The molecule has 0 N–H and O–H groups in total. The van der Waals surface area contributed by atoms with Crippen molar-refractivity contribution in [1.29, 1.82) is 0 Å². The van der Waals surface area contributed by atoms with Crippen molar-refractivity contribution in [2.24, 2.45) is 0 Å². The molecular formula is C13H15NO2S. The zero-order valence-corrected chi connectivity index (χ0v) is 10.6. The molecule has 90 valence electrons. The molecule has 1 aromatic carbocycles. The lowest BCUT2D eigenvalue weighted by Crippen LogP contribution is -2.03. The highest BCUT2D eigenvalue weighted by molar-refractivity contribution is 7.18. The van der Waals surface area contributed by atoms with E-state index in [-0.39, 0.29) is 0 Å². The van der Waals surface area contributed by atoms with Crippen LogP contribution in [0.5, 0.6) is 5.75 Å². The fraction of sp³-hybridized carbons (Fsp3) is 0.462. The minimum absolute atomic E-state index is 0.303. The quantitative estimate of drug-likeness (QED) is 0.764. The molecule has 1 aliphatic heterocycles. The lowest BCUT2D eigenvalue weighted by Gasteiger charge is -2.02. The number of nitrogens with zero attached hydrogens (tertiary/aromatic N) is 1. The zero-order chi connectivity index (χ0) is 11.7. The van der Waals surface area contributed by atoms with Gasteiger partial charge in [-0.1, -0.05) is 6.92 Å². The number of rotatable bonds is 5. The molecule has 1 saturated heterocycles. The predicted molar refractivity (Wildman–Crippen MR) is 68.9 cm³/mol. The van der Waals surface area contributed by atoms with Crippen molar-refractivity contribution in [1.82, 2.24) is 4.98 Å². The largest absolute Gasteiger partial charge is 0.491 e. The third-order valence-electron chi connectivity index (χ3n) is 2.71. The fourth-order valence-corrected chi connectivity index (χ4v) is 2.77. The van der Waals surface area contributed by atoms with E-state index in [0.717, 1.165) is 30.7 Å². The SMILES string of the molecule is CCCc1nc2cc(OCC3CO3)ccc2s1. The van der Waals surface area contributed by atoms with Gasteiger partial charge in [0.25, 0.3) is 0 Å². The Morgan fingerprint density at radius 3 is 3.18 bits per heavy atom. The summed E-state index contributed by atoms with van der Waals surface area (Å²) in [5.41, 5.74) is 1.05. The first-order chi connectivity index (χ1) is 8.35. The second-order valence-corrected chi connectivity index (χ2v) is 5.37. The summed E-state index contributed by atoms with van der Waals surface area (Å²) in [6, 6.07) is 6.13. The Labute approximate surface area is 104 Å². The topological polar surface area (TPSA) is 34.6 Å². The van der Waals surface area contributed by atoms with E-state index in [1.165, 1.54) is 9.71 Å². The van der Waals surface area contributed by atoms with Crippen LogP contribution in [0, 0.1) is 0 Å². The summed E-state index contributed by atoms with van der Waals surface area (Å²) < 4.78 is 12.0. The normalized spacial score (nSPS) is 18.5. The van der Waals surface area contributed by atoms with Crippen LogP contribution >= 0.6 is 11.3 Å². The van der Waals surface area contributed by atoms with Crippen molar-refractivity contribution in [2.45, 2.75) is 25.9 Å². The van der Waals surface area contributed by atoms with Crippen molar-refractivity contribution in [3.05, 3.63) is 23.2 Å². The van der Waals surface area contributed by atoms with Gasteiger partial charge in [-0.05, 0) is 25.0 Å². The molecule has 1 aliphatic rings. The number of hydrogen-bond donors (Lipinski definition) is 0. The zero-order valence-electron chi connectivity index (χ0n) is 9.81. The molecule has 4 heteroatoms. The molecule has 2 aromatic rings. The summed E-state index contributed by atoms with van der Waals surface area (Å²) >= 11 is 1.78. The van der Waals surface area contributed by atoms with Gasteiger partial charge in [-0.25, -0.2) is 4.98 Å². The Balaban J connectivity index is 1.78. The highest BCUT2D eigenvalue weighted by Crippen LogP contribution is 2.27. The van der Waals surface area contributed by atoms with Crippen molar-refractivity contribution < 1.29 is 9.47 Å². The number of epoxide rings is 1. The molecule has 0 radical (unpaired) electrons. The molecule has 0 spiro atoms. The Morgan fingerprint density at radius 2 is 2.41 bits per heavy atom. The van der Waals surface area contributed by atoms with Crippen LogP contribution in [-0.2, 0) is 11.2 Å². The molecule has 0 amide bonds. The van der Waals surface area contributed by atoms with Crippen molar-refractivity contribution in [3.8, 4) is 5.75 Å². The fourth-order valence-electron chi connectivity index (χ4n) is 1.72. The molecule has 2 heterocycles. The van der Waals surface area contributed by atoms with E-state index >= 15 is 0 Å². The van der Waals surface area contributed by atoms with Crippen LogP contribution in [0.1, 0.15) is 18.4 Å². The Kier molecular flexibility index (Phi) is 2.99. The highest BCUT2D eigenvalue weighted by Gasteiger charge is 2.23. The Bertz CT molecular complexity index is 519. The van der Waals surface area contributed by atoms with Crippen LogP contribution in [0.3, 0.4) is 0 Å². The van der Waals surface area contributed by atoms with E-state index in [1.54, 1.807) is 11.3 Å². The van der Waals surface area contributed by atoms with Crippen molar-refractivity contribution in [2.75, 3.05) is 13.2 Å². The number of benzene rings is 1. The minimum atomic E-state index is 0.303. The van der Waals surface area contributed by atoms with E-state index in [0.29, 0.717) is 12.7 Å². The van der Waals surface area contributed by atoms with Gasteiger partial charge in [0, 0.05) is 6.07 Å². The van der Waals surface area contributed by atoms with Crippen molar-refractivity contribution >= 4 is 21.6 Å². The maximum atomic E-state index is 5.65. The van der Waals surface area contributed by atoms with Crippen LogP contribution in [0.2, 0.25) is 0 Å². The van der Waals surface area contributed by atoms with Gasteiger partial charge in [-0.3, -0.25) is 0 Å². The molecular weight excluding hydrogens is 234 g/mol. The first-order valence-electron chi connectivity index (χ1n) is 5.99. The molecule has 1 fully saturated rings. The van der Waals surface area contributed by atoms with Crippen LogP contribution in [0.4, 0.5) is 0 Å². The summed E-state index contributed by atoms with van der Waals surface area (Å²) in [5, 5.41) is 1.21. The third-order valence-corrected chi connectivity index (χ3v) is 3.80. The van der Waals surface area contributed by atoms with Gasteiger partial charge >= 0.3 is 0 Å². The molecule has 0 saturated carbocycles. The monoisotopic (exact) mass is 249 g/mol. The van der Waals surface area contributed by atoms with Crippen LogP contribution in [0.25, 0.3) is 10.2 Å². The molecule has 0 bridgehead atoms. The van der Waals surface area contributed by atoms with Gasteiger partial charge in [0.2, 0.25) is 0 Å². The summed E-state index contributed by atoms with van der Waals surface area (Å²) in [4.78, 5) is 4.61. The number of thiazole rings is 1. The van der Waals surface area contributed by atoms with E-state index in [9.17, 15) is 0 Å². The predicted octanol–water partition coefficient (Wildman–Crippen LogP) is 3.03. The first-order valence-corrected chi connectivity index (χ1v) is 6.80.